The Bertz CT molecular complexity index is 412. The van der Waals surface area contributed by atoms with Gasteiger partial charge >= 0.3 is 0 Å². The minimum atomic E-state index is -2.54. The number of benzene rings is 1. The van der Waals surface area contributed by atoms with Crippen LogP contribution in [-0.4, -0.2) is 5.92 Å². The van der Waals surface area contributed by atoms with E-state index in [1.54, 1.807) is 13.0 Å². The molecule has 1 aromatic carbocycles. The molecule has 0 heterocycles. The van der Waals surface area contributed by atoms with Crippen LogP contribution in [0.15, 0.2) is 18.2 Å². The molecule has 3 heteroatoms. The number of alkyl halides is 2. The van der Waals surface area contributed by atoms with Crippen LogP contribution in [0.5, 0.6) is 0 Å². The third kappa shape index (κ3) is 2.48. The molecule has 0 nitrogen and oxygen atoms in total. The van der Waals surface area contributed by atoms with Gasteiger partial charge in [-0.3, -0.25) is 0 Å². The molecular weight excluding hydrogens is 225 g/mol. The highest BCUT2D eigenvalue weighted by Crippen LogP contribution is 2.45. The molecule has 0 N–H and O–H groups in total. The van der Waals surface area contributed by atoms with Crippen LogP contribution in [0.1, 0.15) is 43.2 Å². The van der Waals surface area contributed by atoms with Crippen LogP contribution in [-0.2, 0) is 0 Å². The van der Waals surface area contributed by atoms with E-state index >= 15 is 0 Å². The van der Waals surface area contributed by atoms with E-state index in [2.05, 4.69) is 0 Å². The number of rotatable bonds is 1. The summed E-state index contributed by atoms with van der Waals surface area (Å²) in [6, 6.07) is 4.95. The first kappa shape index (κ1) is 12.5. The number of hydrogen-bond donors (Lipinski definition) is 0. The van der Waals surface area contributed by atoms with E-state index in [-0.39, 0.29) is 30.5 Å². The first-order valence-electron chi connectivity index (χ1n) is 6.03. The van der Waals surface area contributed by atoms with Crippen molar-refractivity contribution in [3.05, 3.63) is 35.1 Å². The maximum atomic E-state index is 13.5. The van der Waals surface area contributed by atoms with Crippen molar-refractivity contribution in [2.75, 3.05) is 0 Å². The Morgan fingerprint density at radius 3 is 2.65 bits per heavy atom. The van der Waals surface area contributed by atoms with Gasteiger partial charge in [0.05, 0.1) is 0 Å². The molecule has 1 aliphatic rings. The lowest BCUT2D eigenvalue weighted by Crippen LogP contribution is -2.30. The smallest absolute Gasteiger partial charge is 0.207 e. The quantitative estimate of drug-likeness (QED) is 0.671. The Kier molecular flexibility index (Phi) is 3.19. The molecule has 1 aliphatic carbocycles. The van der Waals surface area contributed by atoms with E-state index in [4.69, 9.17) is 0 Å². The predicted molar refractivity (Wildman–Crippen MR) is 61.8 cm³/mol. The molecule has 1 saturated carbocycles. The van der Waals surface area contributed by atoms with Crippen LogP contribution in [0, 0.1) is 18.7 Å². The molecule has 1 fully saturated rings. The van der Waals surface area contributed by atoms with E-state index in [9.17, 15) is 13.2 Å². The molecule has 0 amide bonds. The van der Waals surface area contributed by atoms with Crippen molar-refractivity contribution in [3.8, 4) is 0 Å². The van der Waals surface area contributed by atoms with Gasteiger partial charge in [-0.1, -0.05) is 19.1 Å². The molecule has 17 heavy (non-hydrogen) atoms. The number of halogens is 3. The van der Waals surface area contributed by atoms with Crippen LogP contribution in [0.4, 0.5) is 13.2 Å². The van der Waals surface area contributed by atoms with Crippen LogP contribution in [0.2, 0.25) is 0 Å². The van der Waals surface area contributed by atoms with Gasteiger partial charge in [0.1, 0.15) is 5.82 Å². The average molecular weight is 242 g/mol. The van der Waals surface area contributed by atoms with Crippen molar-refractivity contribution in [1.82, 2.24) is 0 Å². The minimum Gasteiger partial charge on any atom is -0.207 e. The molecule has 0 spiro atoms. The summed E-state index contributed by atoms with van der Waals surface area (Å²) in [6.07, 6.45) is 0.268. The predicted octanol–water partition coefficient (Wildman–Crippen LogP) is 4.67. The Balaban J connectivity index is 2.26. The molecule has 1 unspecified atom stereocenters. The summed E-state index contributed by atoms with van der Waals surface area (Å²) >= 11 is 0. The van der Waals surface area contributed by atoms with Crippen molar-refractivity contribution in [1.29, 1.82) is 0 Å². The van der Waals surface area contributed by atoms with Crippen LogP contribution < -0.4 is 0 Å². The molecule has 94 valence electrons. The van der Waals surface area contributed by atoms with E-state index in [1.165, 1.54) is 6.07 Å². The fourth-order valence-electron chi connectivity index (χ4n) is 2.85. The third-order valence-electron chi connectivity index (χ3n) is 3.84. The summed E-state index contributed by atoms with van der Waals surface area (Å²) < 4.78 is 40.0. The van der Waals surface area contributed by atoms with Gasteiger partial charge < -0.3 is 0 Å². The van der Waals surface area contributed by atoms with Gasteiger partial charge in [0.2, 0.25) is 5.92 Å². The lowest BCUT2D eigenvalue weighted by atomic mass is 9.74. The van der Waals surface area contributed by atoms with Gasteiger partial charge in [-0.25, -0.2) is 13.2 Å². The van der Waals surface area contributed by atoms with Crippen LogP contribution in [0.25, 0.3) is 0 Å². The van der Waals surface area contributed by atoms with Gasteiger partial charge in [-0.05, 0) is 42.4 Å². The summed E-state index contributed by atoms with van der Waals surface area (Å²) in [5.74, 6) is -2.83. The molecule has 1 aromatic rings. The molecule has 0 radical (unpaired) electrons. The van der Waals surface area contributed by atoms with E-state index in [1.807, 2.05) is 13.0 Å². The summed E-state index contributed by atoms with van der Waals surface area (Å²) in [5.41, 5.74) is 1.50. The van der Waals surface area contributed by atoms with Crippen molar-refractivity contribution in [2.45, 2.75) is 45.0 Å². The zero-order valence-corrected chi connectivity index (χ0v) is 10.1. The topological polar surface area (TPSA) is 0 Å². The molecule has 2 atom stereocenters. The van der Waals surface area contributed by atoms with Crippen LogP contribution in [0.3, 0.4) is 0 Å². The average Bonchev–Trinajstić information content (AvgIpc) is 2.22. The SMILES string of the molecule is Cc1c(F)cccc1[C@@H]1CCC(F)(F)CC1C. The van der Waals surface area contributed by atoms with E-state index in [0.717, 1.165) is 5.56 Å². The fourth-order valence-corrected chi connectivity index (χ4v) is 2.85. The van der Waals surface area contributed by atoms with Crippen molar-refractivity contribution in [3.63, 3.8) is 0 Å². The first-order valence-corrected chi connectivity index (χ1v) is 6.03. The first-order chi connectivity index (χ1) is 7.91. The lowest BCUT2D eigenvalue weighted by Gasteiger charge is -2.35. The highest BCUT2D eigenvalue weighted by molar-refractivity contribution is 5.31. The maximum Gasteiger partial charge on any atom is 0.248 e. The van der Waals surface area contributed by atoms with Gasteiger partial charge in [0.25, 0.3) is 0 Å². The molecule has 0 aromatic heterocycles. The van der Waals surface area contributed by atoms with E-state index in [0.29, 0.717) is 12.0 Å². The highest BCUT2D eigenvalue weighted by atomic mass is 19.3. The fraction of sp³-hybridized carbons (Fsp3) is 0.571. The zero-order chi connectivity index (χ0) is 12.6. The Morgan fingerprint density at radius 2 is 2.00 bits per heavy atom. The van der Waals surface area contributed by atoms with Crippen molar-refractivity contribution in [2.24, 2.45) is 5.92 Å². The largest absolute Gasteiger partial charge is 0.248 e. The Hall–Kier alpha value is -0.990. The maximum absolute atomic E-state index is 13.5. The van der Waals surface area contributed by atoms with Gasteiger partial charge in [-0.15, -0.1) is 0 Å². The molecule has 2 rings (SSSR count). The molecule has 0 aliphatic heterocycles. The van der Waals surface area contributed by atoms with Gasteiger partial charge in [-0.2, -0.15) is 0 Å². The van der Waals surface area contributed by atoms with Gasteiger partial charge in [0.15, 0.2) is 0 Å². The minimum absolute atomic E-state index is 0.0605. The normalized spacial score (nSPS) is 28.1. The summed E-state index contributed by atoms with van der Waals surface area (Å²) in [4.78, 5) is 0. The van der Waals surface area contributed by atoms with Crippen molar-refractivity contribution < 1.29 is 13.2 Å². The Labute approximate surface area is 99.8 Å². The van der Waals surface area contributed by atoms with Gasteiger partial charge in [0, 0.05) is 12.8 Å². The third-order valence-corrected chi connectivity index (χ3v) is 3.84. The van der Waals surface area contributed by atoms with Crippen molar-refractivity contribution >= 4 is 0 Å². The standard InChI is InChI=1S/C14H17F3/c1-9-8-14(16,17)7-6-11(9)12-4-3-5-13(15)10(12)2/h3-5,9,11H,6-8H2,1-2H3/t9?,11-/m1/s1. The monoisotopic (exact) mass is 242 g/mol. The second-order valence-electron chi connectivity index (χ2n) is 5.14. The van der Waals surface area contributed by atoms with Crippen LogP contribution >= 0.6 is 0 Å². The second-order valence-corrected chi connectivity index (χ2v) is 5.14. The zero-order valence-electron chi connectivity index (χ0n) is 10.1. The molecular formula is C14H17F3. The molecule has 0 saturated heterocycles. The summed E-state index contributed by atoms with van der Waals surface area (Å²) in [5, 5.41) is 0. The number of hydrogen-bond acceptors (Lipinski definition) is 0. The Morgan fingerprint density at radius 1 is 1.29 bits per heavy atom. The lowest BCUT2D eigenvalue weighted by molar-refractivity contribution is -0.0556. The van der Waals surface area contributed by atoms with E-state index < -0.39 is 5.92 Å². The summed E-state index contributed by atoms with van der Waals surface area (Å²) in [7, 11) is 0. The summed E-state index contributed by atoms with van der Waals surface area (Å²) in [6.45, 7) is 3.56. The second kappa shape index (κ2) is 4.35. The molecule has 0 bridgehead atoms. The highest BCUT2D eigenvalue weighted by Gasteiger charge is 2.40.